The third-order valence-electron chi connectivity index (χ3n) is 3.67. The maximum atomic E-state index is 13.7. The summed E-state index contributed by atoms with van der Waals surface area (Å²) in [5, 5.41) is 0. The third-order valence-corrected chi connectivity index (χ3v) is 3.67. The molecule has 1 nitrogen and oxygen atoms in total. The average molecular weight is 258 g/mol. The van der Waals surface area contributed by atoms with E-state index in [0.717, 1.165) is 23.6 Å². The highest BCUT2D eigenvalue weighted by Crippen LogP contribution is 2.35. The number of carbonyl (C=O) groups excluding carboxylic acids is 1. The van der Waals surface area contributed by atoms with E-state index in [9.17, 15) is 13.6 Å². The fourth-order valence-corrected chi connectivity index (χ4v) is 2.71. The Bertz CT molecular complexity index is 649. The van der Waals surface area contributed by atoms with Crippen LogP contribution in [0.25, 0.3) is 0 Å². The van der Waals surface area contributed by atoms with Gasteiger partial charge in [0.25, 0.3) is 0 Å². The Balaban J connectivity index is 2.00. The van der Waals surface area contributed by atoms with Gasteiger partial charge in [-0.2, -0.15) is 0 Å². The van der Waals surface area contributed by atoms with Gasteiger partial charge in [0.15, 0.2) is 17.4 Å². The molecular weight excluding hydrogens is 246 g/mol. The topological polar surface area (TPSA) is 17.1 Å². The monoisotopic (exact) mass is 258 g/mol. The van der Waals surface area contributed by atoms with Crippen LogP contribution in [0, 0.1) is 11.6 Å². The molecule has 2 aromatic carbocycles. The Labute approximate surface area is 109 Å². The van der Waals surface area contributed by atoms with Gasteiger partial charge in [0.1, 0.15) is 0 Å². The lowest BCUT2D eigenvalue weighted by Crippen LogP contribution is -2.12. The van der Waals surface area contributed by atoms with Crippen LogP contribution in [0.2, 0.25) is 0 Å². The Morgan fingerprint density at radius 2 is 1.84 bits per heavy atom. The number of aryl methyl sites for hydroxylation is 1. The second kappa shape index (κ2) is 4.57. The highest BCUT2D eigenvalue weighted by molar-refractivity contribution is 6.01. The summed E-state index contributed by atoms with van der Waals surface area (Å²) in [6.45, 7) is 0. The van der Waals surface area contributed by atoms with Gasteiger partial charge in [-0.1, -0.05) is 30.3 Å². The molecule has 0 fully saturated rings. The standard InChI is InChI=1S/C16H12F2O/c17-14-7-3-6-13(15(14)18)16(19)12-9-8-10-4-1-2-5-11(10)12/h1-7,12H,8-9H2. The molecule has 1 aliphatic rings. The number of fused-ring (bicyclic) bond motifs is 1. The molecule has 3 heteroatoms. The normalized spacial score (nSPS) is 17.3. The predicted molar refractivity (Wildman–Crippen MR) is 68.2 cm³/mol. The second-order valence-electron chi connectivity index (χ2n) is 4.76. The van der Waals surface area contributed by atoms with Crippen LogP contribution in [0.5, 0.6) is 0 Å². The summed E-state index contributed by atoms with van der Waals surface area (Å²) in [4.78, 5) is 12.4. The summed E-state index contributed by atoms with van der Waals surface area (Å²) in [7, 11) is 0. The van der Waals surface area contributed by atoms with Crippen molar-refractivity contribution in [2.24, 2.45) is 0 Å². The summed E-state index contributed by atoms with van der Waals surface area (Å²) in [5.41, 5.74) is 1.91. The smallest absolute Gasteiger partial charge is 0.173 e. The number of Topliss-reactive ketones (excluding diaryl/α,β-unsaturated/α-hetero) is 1. The number of carbonyl (C=O) groups is 1. The number of ketones is 1. The molecule has 1 aliphatic carbocycles. The fourth-order valence-electron chi connectivity index (χ4n) is 2.71. The van der Waals surface area contributed by atoms with Gasteiger partial charge in [0.05, 0.1) is 5.56 Å². The van der Waals surface area contributed by atoms with Crippen molar-refractivity contribution in [3.05, 3.63) is 70.8 Å². The molecule has 1 atom stereocenters. The van der Waals surface area contributed by atoms with Gasteiger partial charge in [-0.05, 0) is 36.1 Å². The van der Waals surface area contributed by atoms with Crippen LogP contribution in [0.1, 0.15) is 33.8 Å². The van der Waals surface area contributed by atoms with Crippen LogP contribution in [-0.2, 0) is 6.42 Å². The Morgan fingerprint density at radius 3 is 2.68 bits per heavy atom. The highest BCUT2D eigenvalue weighted by Gasteiger charge is 2.30. The van der Waals surface area contributed by atoms with Gasteiger partial charge in [-0.25, -0.2) is 8.78 Å². The molecule has 0 amide bonds. The molecule has 0 aliphatic heterocycles. The molecule has 0 aromatic heterocycles. The summed E-state index contributed by atoms with van der Waals surface area (Å²) in [5.74, 6) is -2.71. The lowest BCUT2D eigenvalue weighted by molar-refractivity contribution is 0.0954. The molecule has 0 saturated carbocycles. The zero-order valence-corrected chi connectivity index (χ0v) is 10.2. The molecule has 1 unspecified atom stereocenters. The first-order chi connectivity index (χ1) is 9.18. The first-order valence-electron chi connectivity index (χ1n) is 6.24. The largest absolute Gasteiger partial charge is 0.293 e. The van der Waals surface area contributed by atoms with Crippen LogP contribution < -0.4 is 0 Å². The van der Waals surface area contributed by atoms with Gasteiger partial charge in [0.2, 0.25) is 0 Å². The Morgan fingerprint density at radius 1 is 1.05 bits per heavy atom. The van der Waals surface area contributed by atoms with E-state index in [1.165, 1.54) is 12.1 Å². The molecule has 3 rings (SSSR count). The van der Waals surface area contributed by atoms with Crippen LogP contribution in [0.15, 0.2) is 42.5 Å². The van der Waals surface area contributed by atoms with Crippen LogP contribution in [0.3, 0.4) is 0 Å². The first-order valence-corrected chi connectivity index (χ1v) is 6.24. The molecule has 0 bridgehead atoms. The summed E-state index contributed by atoms with van der Waals surface area (Å²) in [6.07, 6.45) is 1.47. The van der Waals surface area contributed by atoms with Gasteiger partial charge in [0, 0.05) is 5.92 Å². The van der Waals surface area contributed by atoms with E-state index < -0.39 is 11.6 Å². The molecule has 0 saturated heterocycles. The summed E-state index contributed by atoms with van der Waals surface area (Å²) in [6, 6.07) is 11.4. The van der Waals surface area contributed by atoms with Gasteiger partial charge in [-0.15, -0.1) is 0 Å². The van der Waals surface area contributed by atoms with Crippen molar-refractivity contribution in [2.75, 3.05) is 0 Å². The summed E-state index contributed by atoms with van der Waals surface area (Å²) < 4.78 is 26.9. The van der Waals surface area contributed by atoms with E-state index in [0.29, 0.717) is 6.42 Å². The van der Waals surface area contributed by atoms with E-state index in [2.05, 4.69) is 0 Å². The van der Waals surface area contributed by atoms with Crippen molar-refractivity contribution in [1.29, 1.82) is 0 Å². The van der Waals surface area contributed by atoms with Crippen molar-refractivity contribution in [3.63, 3.8) is 0 Å². The highest BCUT2D eigenvalue weighted by atomic mass is 19.2. The minimum absolute atomic E-state index is 0.151. The van der Waals surface area contributed by atoms with E-state index >= 15 is 0 Å². The van der Waals surface area contributed by atoms with Crippen molar-refractivity contribution < 1.29 is 13.6 Å². The van der Waals surface area contributed by atoms with Gasteiger partial charge < -0.3 is 0 Å². The van der Waals surface area contributed by atoms with E-state index in [4.69, 9.17) is 0 Å². The predicted octanol–water partition coefficient (Wildman–Crippen LogP) is 3.88. The lowest BCUT2D eigenvalue weighted by atomic mass is 9.92. The van der Waals surface area contributed by atoms with Crippen LogP contribution >= 0.6 is 0 Å². The Kier molecular flexibility index (Phi) is 2.90. The lowest BCUT2D eigenvalue weighted by Gasteiger charge is -2.11. The van der Waals surface area contributed by atoms with Crippen LogP contribution in [-0.4, -0.2) is 5.78 Å². The number of hydrogen-bond donors (Lipinski definition) is 0. The minimum atomic E-state index is -1.04. The van der Waals surface area contributed by atoms with E-state index in [-0.39, 0.29) is 17.3 Å². The molecular formula is C16H12F2O. The molecule has 0 radical (unpaired) electrons. The second-order valence-corrected chi connectivity index (χ2v) is 4.76. The zero-order valence-electron chi connectivity index (χ0n) is 10.2. The first kappa shape index (κ1) is 12.0. The van der Waals surface area contributed by atoms with Gasteiger partial charge in [-0.3, -0.25) is 4.79 Å². The van der Waals surface area contributed by atoms with E-state index in [1.807, 2.05) is 24.3 Å². The van der Waals surface area contributed by atoms with Crippen molar-refractivity contribution in [2.45, 2.75) is 18.8 Å². The zero-order chi connectivity index (χ0) is 13.4. The Hall–Kier alpha value is -2.03. The average Bonchev–Trinajstić information content (AvgIpc) is 2.85. The number of rotatable bonds is 2. The third kappa shape index (κ3) is 1.95. The maximum absolute atomic E-state index is 13.7. The molecule has 0 heterocycles. The fraction of sp³-hybridized carbons (Fsp3) is 0.188. The van der Waals surface area contributed by atoms with Crippen molar-refractivity contribution in [1.82, 2.24) is 0 Å². The number of benzene rings is 2. The summed E-state index contributed by atoms with van der Waals surface area (Å²) >= 11 is 0. The SMILES string of the molecule is O=C(c1cccc(F)c1F)C1CCc2ccccc21. The quantitative estimate of drug-likeness (QED) is 0.747. The number of hydrogen-bond acceptors (Lipinski definition) is 1. The molecule has 19 heavy (non-hydrogen) atoms. The van der Waals surface area contributed by atoms with E-state index in [1.54, 1.807) is 0 Å². The molecule has 2 aromatic rings. The molecule has 96 valence electrons. The van der Waals surface area contributed by atoms with Gasteiger partial charge >= 0.3 is 0 Å². The van der Waals surface area contributed by atoms with Crippen LogP contribution in [0.4, 0.5) is 8.78 Å². The maximum Gasteiger partial charge on any atom is 0.173 e. The number of halogens is 2. The van der Waals surface area contributed by atoms with Crippen molar-refractivity contribution in [3.8, 4) is 0 Å². The van der Waals surface area contributed by atoms with Crippen molar-refractivity contribution >= 4 is 5.78 Å². The minimum Gasteiger partial charge on any atom is -0.293 e. The molecule has 0 N–H and O–H groups in total. The molecule has 0 spiro atoms.